The first-order valence-electron chi connectivity index (χ1n) is 6.79. The van der Waals surface area contributed by atoms with E-state index in [1.165, 1.54) is 48.7 Å². The van der Waals surface area contributed by atoms with Crippen LogP contribution >= 0.6 is 23.2 Å². The van der Waals surface area contributed by atoms with Gasteiger partial charge in [-0.3, -0.25) is 9.59 Å². The van der Waals surface area contributed by atoms with Gasteiger partial charge in [-0.15, -0.1) is 0 Å². The fourth-order valence-electron chi connectivity index (χ4n) is 1.74. The van der Waals surface area contributed by atoms with Crippen molar-refractivity contribution in [2.24, 2.45) is 5.10 Å². The molecule has 0 heterocycles. The van der Waals surface area contributed by atoms with E-state index in [0.29, 0.717) is 15.6 Å². The Morgan fingerprint density at radius 2 is 1.56 bits per heavy atom. The fraction of sp³-hybridized carbons (Fsp3) is 0. The van der Waals surface area contributed by atoms with Gasteiger partial charge in [-0.25, -0.2) is 10.2 Å². The SMILES string of the molecule is O=C(N/N=C\c1ccc(C(=O)O)cc1)C(=O)Nc1cc(Cl)cc(Cl)c1. The van der Waals surface area contributed by atoms with Crippen LogP contribution < -0.4 is 10.7 Å². The van der Waals surface area contributed by atoms with E-state index in [1.54, 1.807) is 0 Å². The van der Waals surface area contributed by atoms with Crippen molar-refractivity contribution in [2.45, 2.75) is 0 Å². The molecule has 0 aliphatic heterocycles. The average Bonchev–Trinajstić information content (AvgIpc) is 2.54. The van der Waals surface area contributed by atoms with Crippen LogP contribution in [0, 0.1) is 0 Å². The summed E-state index contributed by atoms with van der Waals surface area (Å²) in [5.74, 6) is -2.99. The second kappa shape index (κ2) is 8.27. The monoisotopic (exact) mass is 379 g/mol. The maximum absolute atomic E-state index is 11.7. The molecule has 2 aromatic rings. The molecule has 2 aromatic carbocycles. The number of carbonyl (C=O) groups excluding carboxylic acids is 2. The number of aromatic carboxylic acids is 1. The van der Waals surface area contributed by atoms with Crippen LogP contribution in [-0.2, 0) is 9.59 Å². The maximum atomic E-state index is 11.7. The Bertz CT molecular complexity index is 831. The lowest BCUT2D eigenvalue weighted by atomic mass is 10.1. The van der Waals surface area contributed by atoms with E-state index in [-0.39, 0.29) is 11.3 Å². The number of benzene rings is 2. The molecule has 0 aromatic heterocycles. The third-order valence-corrected chi connectivity index (χ3v) is 3.30. The van der Waals surface area contributed by atoms with Gasteiger partial charge in [0.1, 0.15) is 0 Å². The minimum atomic E-state index is -1.05. The van der Waals surface area contributed by atoms with Gasteiger partial charge in [0.25, 0.3) is 0 Å². The summed E-state index contributed by atoms with van der Waals surface area (Å²) in [6, 6.07) is 10.2. The number of nitrogens with zero attached hydrogens (tertiary/aromatic N) is 1. The highest BCUT2D eigenvalue weighted by atomic mass is 35.5. The fourth-order valence-corrected chi connectivity index (χ4v) is 2.27. The number of hydrogen-bond acceptors (Lipinski definition) is 4. The van der Waals surface area contributed by atoms with Crippen molar-refractivity contribution in [1.82, 2.24) is 5.43 Å². The normalized spacial score (nSPS) is 10.5. The predicted octanol–water partition coefficient (Wildman–Crippen LogP) is 2.78. The highest BCUT2D eigenvalue weighted by Crippen LogP contribution is 2.22. The zero-order chi connectivity index (χ0) is 18.4. The largest absolute Gasteiger partial charge is 0.478 e. The van der Waals surface area contributed by atoms with Crippen LogP contribution in [0.2, 0.25) is 10.0 Å². The van der Waals surface area contributed by atoms with Crippen molar-refractivity contribution in [3.63, 3.8) is 0 Å². The van der Waals surface area contributed by atoms with Gasteiger partial charge in [-0.1, -0.05) is 35.3 Å². The molecule has 0 radical (unpaired) electrons. The van der Waals surface area contributed by atoms with Crippen molar-refractivity contribution in [2.75, 3.05) is 5.32 Å². The van der Waals surface area contributed by atoms with Gasteiger partial charge in [0.2, 0.25) is 0 Å². The van der Waals surface area contributed by atoms with Crippen LogP contribution in [0.1, 0.15) is 15.9 Å². The van der Waals surface area contributed by atoms with Crippen molar-refractivity contribution >= 4 is 52.9 Å². The van der Waals surface area contributed by atoms with Crippen molar-refractivity contribution in [3.8, 4) is 0 Å². The van der Waals surface area contributed by atoms with E-state index in [0.717, 1.165) is 0 Å². The molecule has 0 atom stereocenters. The van der Waals surface area contributed by atoms with Crippen LogP contribution in [0.5, 0.6) is 0 Å². The van der Waals surface area contributed by atoms with Crippen LogP contribution in [0.4, 0.5) is 5.69 Å². The van der Waals surface area contributed by atoms with Crippen LogP contribution in [0.15, 0.2) is 47.6 Å². The number of anilines is 1. The molecule has 0 aliphatic carbocycles. The lowest BCUT2D eigenvalue weighted by Gasteiger charge is -2.05. The smallest absolute Gasteiger partial charge is 0.335 e. The molecule has 0 spiro atoms. The van der Waals surface area contributed by atoms with Gasteiger partial charge in [-0.2, -0.15) is 5.10 Å². The Labute approximate surface area is 152 Å². The number of nitrogens with one attached hydrogen (secondary N) is 2. The molecule has 2 rings (SSSR count). The molecule has 25 heavy (non-hydrogen) atoms. The summed E-state index contributed by atoms with van der Waals surface area (Å²) in [4.78, 5) is 34.1. The minimum Gasteiger partial charge on any atom is -0.478 e. The quantitative estimate of drug-likeness (QED) is 0.431. The molecule has 0 aliphatic rings. The molecular formula is C16H11Cl2N3O4. The van der Waals surface area contributed by atoms with E-state index >= 15 is 0 Å². The van der Waals surface area contributed by atoms with Crippen LogP contribution in [-0.4, -0.2) is 29.1 Å². The van der Waals surface area contributed by atoms with Gasteiger partial charge in [-0.05, 0) is 35.9 Å². The van der Waals surface area contributed by atoms with E-state index in [1.807, 2.05) is 0 Å². The number of halogens is 2. The average molecular weight is 380 g/mol. The molecule has 9 heteroatoms. The van der Waals surface area contributed by atoms with E-state index in [2.05, 4.69) is 15.8 Å². The van der Waals surface area contributed by atoms with E-state index in [9.17, 15) is 14.4 Å². The molecule has 2 amide bonds. The predicted molar refractivity (Wildman–Crippen MR) is 94.2 cm³/mol. The molecule has 0 bridgehead atoms. The molecule has 0 saturated carbocycles. The third-order valence-electron chi connectivity index (χ3n) is 2.86. The van der Waals surface area contributed by atoms with Crippen LogP contribution in [0.25, 0.3) is 0 Å². The lowest BCUT2D eigenvalue weighted by Crippen LogP contribution is -2.32. The Balaban J connectivity index is 1.92. The zero-order valence-corrected chi connectivity index (χ0v) is 14.0. The van der Waals surface area contributed by atoms with Gasteiger partial charge < -0.3 is 10.4 Å². The van der Waals surface area contributed by atoms with Crippen LogP contribution in [0.3, 0.4) is 0 Å². The Hall–Kier alpha value is -2.90. The highest BCUT2D eigenvalue weighted by molar-refractivity contribution is 6.40. The first-order valence-corrected chi connectivity index (χ1v) is 7.54. The Morgan fingerprint density at radius 1 is 0.960 bits per heavy atom. The molecule has 7 nitrogen and oxygen atoms in total. The van der Waals surface area contributed by atoms with Gasteiger partial charge in [0, 0.05) is 15.7 Å². The number of carboxylic acid groups (broad SMARTS) is 1. The summed E-state index contributed by atoms with van der Waals surface area (Å²) >= 11 is 11.6. The topological polar surface area (TPSA) is 108 Å². The summed E-state index contributed by atoms with van der Waals surface area (Å²) in [6.45, 7) is 0. The van der Waals surface area contributed by atoms with Gasteiger partial charge in [0.15, 0.2) is 0 Å². The standard InChI is InChI=1S/C16H11Cl2N3O4/c17-11-5-12(18)7-13(6-11)20-14(22)15(23)21-19-8-9-1-3-10(4-2-9)16(24)25/h1-8H,(H,20,22)(H,21,23)(H,24,25)/b19-8-. The summed E-state index contributed by atoms with van der Waals surface area (Å²) in [7, 11) is 0. The summed E-state index contributed by atoms with van der Waals surface area (Å²) in [5, 5.41) is 15.4. The van der Waals surface area contributed by atoms with Gasteiger partial charge in [0.05, 0.1) is 11.8 Å². The van der Waals surface area contributed by atoms with E-state index in [4.69, 9.17) is 28.3 Å². The first-order chi connectivity index (χ1) is 11.8. The minimum absolute atomic E-state index is 0.126. The molecular weight excluding hydrogens is 369 g/mol. The number of carbonyl (C=O) groups is 3. The summed E-state index contributed by atoms with van der Waals surface area (Å²) < 4.78 is 0. The summed E-state index contributed by atoms with van der Waals surface area (Å²) in [6.07, 6.45) is 1.27. The third kappa shape index (κ3) is 5.59. The highest BCUT2D eigenvalue weighted by Gasteiger charge is 2.13. The lowest BCUT2D eigenvalue weighted by molar-refractivity contribution is -0.136. The molecule has 0 unspecified atom stereocenters. The van der Waals surface area contributed by atoms with Crippen molar-refractivity contribution in [3.05, 3.63) is 63.6 Å². The molecule has 3 N–H and O–H groups in total. The number of hydrazone groups is 1. The number of rotatable bonds is 4. The van der Waals surface area contributed by atoms with Crippen molar-refractivity contribution in [1.29, 1.82) is 0 Å². The summed E-state index contributed by atoms with van der Waals surface area (Å²) in [5.41, 5.74) is 3.00. The maximum Gasteiger partial charge on any atom is 0.335 e. The number of amides is 2. The van der Waals surface area contributed by atoms with Gasteiger partial charge >= 0.3 is 17.8 Å². The zero-order valence-electron chi connectivity index (χ0n) is 12.5. The molecule has 128 valence electrons. The molecule has 0 fully saturated rings. The Kier molecular flexibility index (Phi) is 6.10. The molecule has 0 saturated heterocycles. The first kappa shape index (κ1) is 18.4. The van der Waals surface area contributed by atoms with E-state index < -0.39 is 17.8 Å². The number of carboxylic acids is 1. The Morgan fingerprint density at radius 3 is 2.12 bits per heavy atom. The number of hydrogen-bond donors (Lipinski definition) is 3. The second-order valence-corrected chi connectivity index (χ2v) is 5.61. The second-order valence-electron chi connectivity index (χ2n) is 4.74. The van der Waals surface area contributed by atoms with Crippen molar-refractivity contribution < 1.29 is 19.5 Å².